The van der Waals surface area contributed by atoms with E-state index in [0.717, 1.165) is 6.54 Å². The molecule has 0 aromatic rings. The van der Waals surface area contributed by atoms with Crippen molar-refractivity contribution in [2.45, 2.75) is 25.4 Å². The first-order chi connectivity index (χ1) is 5.36. The predicted molar refractivity (Wildman–Crippen MR) is 38.7 cm³/mol. The zero-order valence-corrected chi connectivity index (χ0v) is 6.30. The first kappa shape index (κ1) is 6.91. The third kappa shape index (κ3) is 1.30. The minimum atomic E-state index is -0.340. The first-order valence-electron chi connectivity index (χ1n) is 4.06. The standard InChI is InChI=1S/C7H12N2O2/c10-7-9-8-4-6(11-7)5-2-1-3-5/h5-6,8H,1-4H2,(H,9,10). The van der Waals surface area contributed by atoms with Crippen LogP contribution in [0.15, 0.2) is 0 Å². The molecule has 1 unspecified atom stereocenters. The molecule has 2 N–H and O–H groups in total. The Morgan fingerprint density at radius 1 is 1.45 bits per heavy atom. The molecular formula is C7H12N2O2. The van der Waals surface area contributed by atoms with Gasteiger partial charge in [0.15, 0.2) is 0 Å². The third-order valence-corrected chi connectivity index (χ3v) is 2.43. The van der Waals surface area contributed by atoms with Crippen molar-refractivity contribution in [1.29, 1.82) is 0 Å². The van der Waals surface area contributed by atoms with Gasteiger partial charge in [-0.05, 0) is 18.8 Å². The molecule has 4 nitrogen and oxygen atoms in total. The second-order valence-corrected chi connectivity index (χ2v) is 3.14. The van der Waals surface area contributed by atoms with Crippen LogP contribution >= 0.6 is 0 Å². The largest absolute Gasteiger partial charge is 0.444 e. The van der Waals surface area contributed by atoms with Gasteiger partial charge in [-0.2, -0.15) is 0 Å². The Balaban J connectivity index is 1.87. The van der Waals surface area contributed by atoms with E-state index in [9.17, 15) is 4.79 Å². The number of carbonyl (C=O) groups excluding carboxylic acids is 1. The molecule has 2 rings (SSSR count). The molecule has 4 heteroatoms. The molecule has 1 amide bonds. The quantitative estimate of drug-likeness (QED) is 0.577. The number of hydrogen-bond donors (Lipinski definition) is 2. The molecule has 2 fully saturated rings. The molecule has 62 valence electrons. The summed E-state index contributed by atoms with van der Waals surface area (Å²) in [6.07, 6.45) is 3.47. The summed E-state index contributed by atoms with van der Waals surface area (Å²) in [7, 11) is 0. The summed E-state index contributed by atoms with van der Waals surface area (Å²) in [5.74, 6) is 0.605. The van der Waals surface area contributed by atoms with Crippen molar-refractivity contribution in [1.82, 2.24) is 10.9 Å². The number of cyclic esters (lactones) is 1. The van der Waals surface area contributed by atoms with Gasteiger partial charge < -0.3 is 4.74 Å². The molecule has 0 radical (unpaired) electrons. The zero-order valence-electron chi connectivity index (χ0n) is 6.30. The van der Waals surface area contributed by atoms with E-state index < -0.39 is 0 Å². The lowest BCUT2D eigenvalue weighted by molar-refractivity contribution is 0.0105. The summed E-state index contributed by atoms with van der Waals surface area (Å²) in [6, 6.07) is 0. The summed E-state index contributed by atoms with van der Waals surface area (Å²) in [6.45, 7) is 0.746. The smallest absolute Gasteiger partial charge is 0.421 e. The molecule has 0 spiro atoms. The average molecular weight is 156 g/mol. The van der Waals surface area contributed by atoms with Crippen LogP contribution in [0.25, 0.3) is 0 Å². The van der Waals surface area contributed by atoms with Gasteiger partial charge in [0.05, 0.1) is 6.54 Å². The predicted octanol–water partition coefficient (Wildman–Crippen LogP) is 0.399. The van der Waals surface area contributed by atoms with Gasteiger partial charge in [0.2, 0.25) is 0 Å². The lowest BCUT2D eigenvalue weighted by atomic mass is 9.81. The highest BCUT2D eigenvalue weighted by Gasteiger charge is 2.32. The zero-order chi connectivity index (χ0) is 7.68. The Kier molecular flexibility index (Phi) is 1.69. The van der Waals surface area contributed by atoms with Gasteiger partial charge >= 0.3 is 6.09 Å². The molecule has 11 heavy (non-hydrogen) atoms. The van der Waals surface area contributed by atoms with Gasteiger partial charge in [0.1, 0.15) is 6.10 Å². The summed E-state index contributed by atoms with van der Waals surface area (Å²) in [5.41, 5.74) is 5.21. The van der Waals surface area contributed by atoms with Crippen LogP contribution in [0.1, 0.15) is 19.3 Å². The SMILES string of the molecule is O=C1NNCC(C2CCC2)O1. The molecule has 1 aliphatic carbocycles. The van der Waals surface area contributed by atoms with Gasteiger partial charge in [-0.1, -0.05) is 6.42 Å². The lowest BCUT2D eigenvalue weighted by Gasteiger charge is -2.35. The monoisotopic (exact) mass is 156 g/mol. The van der Waals surface area contributed by atoms with Gasteiger partial charge in [-0.25, -0.2) is 10.2 Å². The van der Waals surface area contributed by atoms with Crippen molar-refractivity contribution in [3.8, 4) is 0 Å². The van der Waals surface area contributed by atoms with E-state index in [2.05, 4.69) is 10.9 Å². The van der Waals surface area contributed by atoms with Gasteiger partial charge in [0.25, 0.3) is 0 Å². The summed E-state index contributed by atoms with van der Waals surface area (Å²) < 4.78 is 5.08. The maximum absolute atomic E-state index is 10.7. The number of ether oxygens (including phenoxy) is 1. The molecule has 1 atom stereocenters. The number of carbonyl (C=O) groups is 1. The fourth-order valence-corrected chi connectivity index (χ4v) is 1.51. The highest BCUT2D eigenvalue weighted by atomic mass is 16.6. The van der Waals surface area contributed by atoms with Crippen LogP contribution in [0.4, 0.5) is 4.79 Å². The van der Waals surface area contributed by atoms with Crippen molar-refractivity contribution in [3.05, 3.63) is 0 Å². The van der Waals surface area contributed by atoms with Crippen LogP contribution in [-0.2, 0) is 4.74 Å². The molecule has 0 aromatic heterocycles. The molecule has 1 saturated carbocycles. The van der Waals surface area contributed by atoms with Crippen molar-refractivity contribution in [2.24, 2.45) is 5.92 Å². The maximum Gasteiger partial charge on any atom is 0.421 e. The van der Waals surface area contributed by atoms with Crippen molar-refractivity contribution < 1.29 is 9.53 Å². The van der Waals surface area contributed by atoms with Crippen molar-refractivity contribution in [2.75, 3.05) is 6.54 Å². The van der Waals surface area contributed by atoms with E-state index in [1.54, 1.807) is 0 Å². The van der Waals surface area contributed by atoms with Gasteiger partial charge in [0, 0.05) is 0 Å². The van der Waals surface area contributed by atoms with Crippen LogP contribution in [0.2, 0.25) is 0 Å². The maximum atomic E-state index is 10.7. The molecule has 1 aliphatic heterocycles. The molecule has 2 aliphatic rings. The van der Waals surface area contributed by atoms with E-state index >= 15 is 0 Å². The Labute approximate surface area is 65.3 Å². The van der Waals surface area contributed by atoms with E-state index in [0.29, 0.717) is 5.92 Å². The number of amides is 1. The number of hydrogen-bond acceptors (Lipinski definition) is 3. The summed E-state index contributed by atoms with van der Waals surface area (Å²) in [5, 5.41) is 0. The minimum Gasteiger partial charge on any atom is -0.444 e. The van der Waals surface area contributed by atoms with E-state index in [-0.39, 0.29) is 12.2 Å². The molecule has 1 saturated heterocycles. The van der Waals surface area contributed by atoms with Crippen LogP contribution < -0.4 is 10.9 Å². The van der Waals surface area contributed by atoms with Crippen LogP contribution in [-0.4, -0.2) is 18.7 Å². The topological polar surface area (TPSA) is 50.4 Å². The van der Waals surface area contributed by atoms with Crippen LogP contribution in [0, 0.1) is 5.92 Å². The Bertz CT molecular complexity index is 168. The second-order valence-electron chi connectivity index (χ2n) is 3.14. The summed E-state index contributed by atoms with van der Waals surface area (Å²) >= 11 is 0. The van der Waals surface area contributed by atoms with Gasteiger partial charge in [-0.3, -0.25) is 5.43 Å². The average Bonchev–Trinajstić information content (AvgIpc) is 1.83. The first-order valence-corrected chi connectivity index (χ1v) is 4.06. The van der Waals surface area contributed by atoms with Crippen LogP contribution in [0.5, 0.6) is 0 Å². The highest BCUT2D eigenvalue weighted by Crippen LogP contribution is 2.31. The van der Waals surface area contributed by atoms with E-state index in [1.165, 1.54) is 19.3 Å². The normalized spacial score (nSPS) is 32.0. The van der Waals surface area contributed by atoms with E-state index in [4.69, 9.17) is 4.74 Å². The second kappa shape index (κ2) is 2.70. The molecule has 0 bridgehead atoms. The Hall–Kier alpha value is -0.770. The van der Waals surface area contributed by atoms with E-state index in [1.807, 2.05) is 0 Å². The molecule has 0 aromatic carbocycles. The Morgan fingerprint density at radius 3 is 2.82 bits per heavy atom. The minimum absolute atomic E-state index is 0.109. The van der Waals surface area contributed by atoms with Crippen molar-refractivity contribution in [3.63, 3.8) is 0 Å². The molecule has 1 heterocycles. The fourth-order valence-electron chi connectivity index (χ4n) is 1.51. The number of hydrazine groups is 1. The number of rotatable bonds is 1. The highest BCUT2D eigenvalue weighted by molar-refractivity contribution is 5.67. The Morgan fingerprint density at radius 2 is 2.27 bits per heavy atom. The summed E-state index contributed by atoms with van der Waals surface area (Å²) in [4.78, 5) is 10.7. The lowest BCUT2D eigenvalue weighted by Crippen LogP contribution is -2.53. The fraction of sp³-hybridized carbons (Fsp3) is 0.857. The molecular weight excluding hydrogens is 144 g/mol. The van der Waals surface area contributed by atoms with Gasteiger partial charge in [-0.15, -0.1) is 0 Å². The number of nitrogens with one attached hydrogen (secondary N) is 2. The third-order valence-electron chi connectivity index (χ3n) is 2.43. The van der Waals surface area contributed by atoms with Crippen molar-refractivity contribution >= 4 is 6.09 Å². The van der Waals surface area contributed by atoms with Crippen LogP contribution in [0.3, 0.4) is 0 Å².